The van der Waals surface area contributed by atoms with Gasteiger partial charge in [0.2, 0.25) is 5.91 Å². The first-order valence-electron chi connectivity index (χ1n) is 2.29. The van der Waals surface area contributed by atoms with Crippen molar-refractivity contribution in [2.75, 3.05) is 0 Å². The van der Waals surface area contributed by atoms with Crippen molar-refractivity contribution < 1.29 is 9.59 Å². The number of carbonyl (C=O) groups excluding carboxylic acids is 2. The molecule has 0 aromatic rings. The molecule has 0 radical (unpaired) electrons. The molecular formula is C4H3ClINO2. The molecule has 1 rings (SSSR count). The highest BCUT2D eigenvalue weighted by atomic mass is 127. The summed E-state index contributed by atoms with van der Waals surface area (Å²) in [6.45, 7) is 0. The van der Waals surface area contributed by atoms with E-state index in [1.807, 2.05) is 0 Å². The van der Waals surface area contributed by atoms with Crippen molar-refractivity contribution in [3.63, 3.8) is 0 Å². The number of hydrogen-bond donors (Lipinski definition) is 0. The molecule has 0 aromatic carbocycles. The standard InChI is InChI=1S/C4H3ClINO2/c5-2-1-3(8)7(6)4(2)9/h2H,1H2. The van der Waals surface area contributed by atoms with Crippen LogP contribution in [0.3, 0.4) is 0 Å². The highest BCUT2D eigenvalue weighted by molar-refractivity contribution is 14.1. The summed E-state index contributed by atoms with van der Waals surface area (Å²) < 4.78 is 1.02. The molecule has 0 aliphatic carbocycles. The monoisotopic (exact) mass is 259 g/mol. The molecule has 1 aliphatic rings. The van der Waals surface area contributed by atoms with E-state index < -0.39 is 5.38 Å². The molecule has 1 aliphatic heterocycles. The molecule has 0 spiro atoms. The smallest absolute Gasteiger partial charge is 0.256 e. The molecule has 5 heteroatoms. The summed E-state index contributed by atoms with van der Waals surface area (Å²) in [6, 6.07) is 0. The zero-order chi connectivity index (χ0) is 7.02. The second kappa shape index (κ2) is 2.42. The van der Waals surface area contributed by atoms with E-state index in [2.05, 4.69) is 0 Å². The Kier molecular flexibility index (Phi) is 1.95. The van der Waals surface area contributed by atoms with Gasteiger partial charge in [0.25, 0.3) is 5.91 Å². The molecule has 9 heavy (non-hydrogen) atoms. The minimum Gasteiger partial charge on any atom is -0.274 e. The summed E-state index contributed by atoms with van der Waals surface area (Å²) in [5.74, 6) is -0.511. The van der Waals surface area contributed by atoms with Crippen molar-refractivity contribution in [3.8, 4) is 0 Å². The lowest BCUT2D eigenvalue weighted by Gasteiger charge is -1.98. The van der Waals surface area contributed by atoms with Gasteiger partial charge < -0.3 is 0 Å². The van der Waals surface area contributed by atoms with Crippen LogP contribution in [0.25, 0.3) is 0 Å². The van der Waals surface area contributed by atoms with Crippen molar-refractivity contribution in [2.24, 2.45) is 0 Å². The normalized spacial score (nSPS) is 27.8. The van der Waals surface area contributed by atoms with Gasteiger partial charge in [-0.2, -0.15) is 0 Å². The van der Waals surface area contributed by atoms with Crippen molar-refractivity contribution >= 4 is 46.3 Å². The van der Waals surface area contributed by atoms with Crippen LogP contribution in [0.1, 0.15) is 6.42 Å². The van der Waals surface area contributed by atoms with Crippen LogP contribution >= 0.6 is 34.5 Å². The molecule has 1 atom stereocenters. The Morgan fingerprint density at radius 2 is 2.22 bits per heavy atom. The predicted molar refractivity (Wildman–Crippen MR) is 40.1 cm³/mol. The van der Waals surface area contributed by atoms with Gasteiger partial charge in [-0.05, 0) is 0 Å². The number of halogens is 2. The second-order valence-electron chi connectivity index (χ2n) is 1.68. The summed E-state index contributed by atoms with van der Waals surface area (Å²) in [5.41, 5.74) is 0. The summed E-state index contributed by atoms with van der Waals surface area (Å²) in [5, 5.41) is -0.630. The summed E-state index contributed by atoms with van der Waals surface area (Å²) in [4.78, 5) is 21.3. The maximum Gasteiger partial charge on any atom is 0.256 e. The Morgan fingerprint density at radius 3 is 2.33 bits per heavy atom. The van der Waals surface area contributed by atoms with Gasteiger partial charge in [-0.1, -0.05) is 0 Å². The lowest BCUT2D eigenvalue weighted by atomic mass is 10.4. The van der Waals surface area contributed by atoms with Crippen molar-refractivity contribution in [3.05, 3.63) is 0 Å². The van der Waals surface area contributed by atoms with Gasteiger partial charge in [0.05, 0.1) is 29.3 Å². The van der Waals surface area contributed by atoms with E-state index in [4.69, 9.17) is 11.6 Å². The molecule has 3 nitrogen and oxygen atoms in total. The molecule has 1 saturated heterocycles. The average Bonchev–Trinajstić information content (AvgIpc) is 1.98. The van der Waals surface area contributed by atoms with E-state index in [0.717, 1.165) is 3.11 Å². The number of alkyl halides is 1. The maximum absolute atomic E-state index is 10.7. The van der Waals surface area contributed by atoms with E-state index in [1.165, 1.54) is 0 Å². The average molecular weight is 259 g/mol. The highest BCUT2D eigenvalue weighted by Crippen LogP contribution is 2.20. The summed E-state index contributed by atoms with van der Waals surface area (Å²) in [7, 11) is 0. The van der Waals surface area contributed by atoms with Crippen LogP contribution in [-0.2, 0) is 9.59 Å². The molecule has 50 valence electrons. The first-order valence-corrected chi connectivity index (χ1v) is 3.69. The molecule has 1 heterocycles. The zero-order valence-electron chi connectivity index (χ0n) is 4.30. The molecule has 0 aromatic heterocycles. The summed E-state index contributed by atoms with van der Waals surface area (Å²) >= 11 is 7.08. The minimum absolute atomic E-state index is 0.142. The van der Waals surface area contributed by atoms with Crippen molar-refractivity contribution in [2.45, 2.75) is 11.8 Å². The van der Waals surface area contributed by atoms with Crippen LogP contribution in [0.5, 0.6) is 0 Å². The van der Waals surface area contributed by atoms with Crippen molar-refractivity contribution in [1.29, 1.82) is 0 Å². The van der Waals surface area contributed by atoms with Crippen LogP contribution in [0.15, 0.2) is 0 Å². The van der Waals surface area contributed by atoms with Gasteiger partial charge in [-0.15, -0.1) is 11.6 Å². The minimum atomic E-state index is -0.630. The van der Waals surface area contributed by atoms with Gasteiger partial charge in [0.1, 0.15) is 5.38 Å². The number of imide groups is 1. The Bertz CT molecular complexity index is 172. The van der Waals surface area contributed by atoms with E-state index in [1.54, 1.807) is 22.9 Å². The van der Waals surface area contributed by atoms with Gasteiger partial charge in [0, 0.05) is 0 Å². The Balaban J connectivity index is 2.77. The van der Waals surface area contributed by atoms with Gasteiger partial charge in [-0.25, -0.2) is 3.11 Å². The van der Waals surface area contributed by atoms with E-state index in [9.17, 15) is 9.59 Å². The highest BCUT2D eigenvalue weighted by Gasteiger charge is 2.35. The number of amides is 2. The number of hydrogen-bond acceptors (Lipinski definition) is 2. The zero-order valence-corrected chi connectivity index (χ0v) is 7.22. The quantitative estimate of drug-likeness (QED) is 0.278. The molecule has 2 amide bonds. The molecule has 0 saturated carbocycles. The molecule has 1 unspecified atom stereocenters. The Morgan fingerprint density at radius 1 is 1.67 bits per heavy atom. The van der Waals surface area contributed by atoms with E-state index >= 15 is 0 Å². The third kappa shape index (κ3) is 1.19. The third-order valence-electron chi connectivity index (χ3n) is 1.03. The molecular weight excluding hydrogens is 256 g/mol. The summed E-state index contributed by atoms with van der Waals surface area (Å²) in [6.07, 6.45) is 0.142. The molecule has 1 fully saturated rings. The first-order chi connectivity index (χ1) is 4.13. The van der Waals surface area contributed by atoms with Crippen LogP contribution in [0.2, 0.25) is 0 Å². The number of nitrogens with zero attached hydrogens (tertiary/aromatic N) is 1. The van der Waals surface area contributed by atoms with Crippen LogP contribution in [0.4, 0.5) is 0 Å². The van der Waals surface area contributed by atoms with Gasteiger partial charge >= 0.3 is 0 Å². The first kappa shape index (κ1) is 7.27. The topological polar surface area (TPSA) is 37.4 Å². The van der Waals surface area contributed by atoms with E-state index in [-0.39, 0.29) is 18.2 Å². The van der Waals surface area contributed by atoms with Crippen LogP contribution in [0, 0.1) is 0 Å². The predicted octanol–water partition coefficient (Wildman–Crippen LogP) is 0.703. The van der Waals surface area contributed by atoms with Gasteiger partial charge in [-0.3, -0.25) is 9.59 Å². The maximum atomic E-state index is 10.7. The van der Waals surface area contributed by atoms with E-state index in [0.29, 0.717) is 0 Å². The third-order valence-corrected chi connectivity index (χ3v) is 2.39. The molecule has 0 N–H and O–H groups in total. The largest absolute Gasteiger partial charge is 0.274 e. The van der Waals surface area contributed by atoms with Crippen LogP contribution < -0.4 is 0 Å². The number of rotatable bonds is 0. The number of carbonyl (C=O) groups is 2. The van der Waals surface area contributed by atoms with Gasteiger partial charge in [0.15, 0.2) is 0 Å². The molecule has 0 bridgehead atoms. The fourth-order valence-electron chi connectivity index (χ4n) is 0.567. The van der Waals surface area contributed by atoms with Crippen LogP contribution in [-0.4, -0.2) is 20.3 Å². The Labute approximate surface area is 70.8 Å². The second-order valence-corrected chi connectivity index (χ2v) is 3.18. The lowest BCUT2D eigenvalue weighted by Crippen LogP contribution is -2.19. The van der Waals surface area contributed by atoms with Crippen molar-refractivity contribution in [1.82, 2.24) is 3.11 Å². The fraction of sp³-hybridized carbons (Fsp3) is 0.500. The lowest BCUT2D eigenvalue weighted by molar-refractivity contribution is -0.130. The Hall–Kier alpha value is 0.160. The fourth-order valence-corrected chi connectivity index (χ4v) is 1.49. The SMILES string of the molecule is O=C1CC(Cl)C(=O)N1I.